The van der Waals surface area contributed by atoms with Gasteiger partial charge in [-0.25, -0.2) is 0 Å². The zero-order chi connectivity index (χ0) is 15.7. The lowest BCUT2D eigenvalue weighted by molar-refractivity contribution is -0.139. The molecule has 22 heavy (non-hydrogen) atoms. The van der Waals surface area contributed by atoms with Crippen molar-refractivity contribution in [3.05, 3.63) is 59.0 Å². The number of esters is 1. The van der Waals surface area contributed by atoms with Gasteiger partial charge in [-0.1, -0.05) is 11.6 Å². The van der Waals surface area contributed by atoms with E-state index in [1.54, 1.807) is 12.4 Å². The quantitative estimate of drug-likeness (QED) is 0.692. The molecular formula is C17H15ClN2O2. The van der Waals surface area contributed by atoms with E-state index in [0.717, 1.165) is 27.8 Å². The fraction of sp³-hybridized carbons (Fsp3) is 0.176. The van der Waals surface area contributed by atoms with Crippen LogP contribution in [0.1, 0.15) is 11.3 Å². The molecule has 0 amide bonds. The van der Waals surface area contributed by atoms with Crippen LogP contribution in [0.3, 0.4) is 0 Å². The van der Waals surface area contributed by atoms with E-state index in [-0.39, 0.29) is 12.4 Å². The molecule has 0 radical (unpaired) electrons. The standard InChI is InChI=1S/C17H15ClN2O2/c1-11-14(9-17(21)22-2)15-10-19-8-7-16(15)20(11)13-5-3-12(18)4-6-13/h3-8,10H,9H2,1-2H3. The SMILES string of the molecule is COC(=O)Cc1c(C)n(-c2ccc(Cl)cc2)c2ccncc12. The summed E-state index contributed by atoms with van der Waals surface area (Å²) in [6.45, 7) is 1.99. The number of carbonyl (C=O) groups is 1. The molecule has 4 nitrogen and oxygen atoms in total. The molecule has 0 saturated heterocycles. The lowest BCUT2D eigenvalue weighted by atomic mass is 10.1. The van der Waals surface area contributed by atoms with E-state index in [4.69, 9.17) is 16.3 Å². The number of hydrogen-bond donors (Lipinski definition) is 0. The van der Waals surface area contributed by atoms with Crippen molar-refractivity contribution in [3.8, 4) is 5.69 Å². The Morgan fingerprint density at radius 1 is 1.27 bits per heavy atom. The Hall–Kier alpha value is -2.33. The lowest BCUT2D eigenvalue weighted by Gasteiger charge is -2.09. The van der Waals surface area contributed by atoms with Crippen LogP contribution in [0.4, 0.5) is 0 Å². The van der Waals surface area contributed by atoms with Crippen molar-refractivity contribution < 1.29 is 9.53 Å². The van der Waals surface area contributed by atoms with Crippen LogP contribution in [-0.2, 0) is 16.0 Å². The molecule has 0 saturated carbocycles. The van der Waals surface area contributed by atoms with E-state index in [0.29, 0.717) is 5.02 Å². The first kappa shape index (κ1) is 14.6. The van der Waals surface area contributed by atoms with Gasteiger partial charge in [0.05, 0.1) is 19.0 Å². The number of halogens is 1. The average Bonchev–Trinajstić information content (AvgIpc) is 2.81. The van der Waals surface area contributed by atoms with E-state index in [9.17, 15) is 4.79 Å². The normalized spacial score (nSPS) is 10.9. The number of pyridine rings is 1. The maximum absolute atomic E-state index is 11.7. The van der Waals surface area contributed by atoms with Gasteiger partial charge in [-0.2, -0.15) is 0 Å². The summed E-state index contributed by atoms with van der Waals surface area (Å²) in [7, 11) is 1.40. The number of benzene rings is 1. The maximum atomic E-state index is 11.7. The lowest BCUT2D eigenvalue weighted by Crippen LogP contribution is -2.06. The first-order valence-corrected chi connectivity index (χ1v) is 7.26. The molecule has 5 heteroatoms. The van der Waals surface area contributed by atoms with Crippen molar-refractivity contribution in [1.29, 1.82) is 0 Å². The fourth-order valence-corrected chi connectivity index (χ4v) is 2.81. The molecule has 0 unspecified atom stereocenters. The van der Waals surface area contributed by atoms with Gasteiger partial charge in [-0.3, -0.25) is 9.78 Å². The van der Waals surface area contributed by atoms with Crippen LogP contribution in [0.15, 0.2) is 42.7 Å². The molecule has 0 aliphatic rings. The molecule has 0 aliphatic heterocycles. The fourth-order valence-electron chi connectivity index (χ4n) is 2.69. The summed E-state index contributed by atoms with van der Waals surface area (Å²) in [6, 6.07) is 9.55. The number of aromatic nitrogens is 2. The highest BCUT2D eigenvalue weighted by molar-refractivity contribution is 6.30. The van der Waals surface area contributed by atoms with Gasteiger partial charge in [-0.05, 0) is 42.8 Å². The van der Waals surface area contributed by atoms with E-state index < -0.39 is 0 Å². The molecule has 0 atom stereocenters. The van der Waals surface area contributed by atoms with Crippen LogP contribution in [0.5, 0.6) is 0 Å². The van der Waals surface area contributed by atoms with Crippen molar-refractivity contribution in [2.45, 2.75) is 13.3 Å². The summed E-state index contributed by atoms with van der Waals surface area (Å²) in [5, 5.41) is 1.65. The van der Waals surface area contributed by atoms with Crippen LogP contribution in [-0.4, -0.2) is 22.6 Å². The van der Waals surface area contributed by atoms with Crippen molar-refractivity contribution >= 4 is 28.5 Å². The van der Waals surface area contributed by atoms with Gasteiger partial charge in [0.25, 0.3) is 0 Å². The second-order valence-corrected chi connectivity index (χ2v) is 5.46. The maximum Gasteiger partial charge on any atom is 0.310 e. The third-order valence-electron chi connectivity index (χ3n) is 3.77. The summed E-state index contributed by atoms with van der Waals surface area (Å²) in [5.41, 5.74) is 3.93. The Balaban J connectivity index is 2.24. The first-order chi connectivity index (χ1) is 10.6. The van der Waals surface area contributed by atoms with Crippen molar-refractivity contribution in [3.63, 3.8) is 0 Å². The molecule has 1 aromatic carbocycles. The number of nitrogens with zero attached hydrogens (tertiary/aromatic N) is 2. The predicted octanol–water partition coefficient (Wildman–Crippen LogP) is 3.70. The van der Waals surface area contributed by atoms with Gasteiger partial charge in [0.1, 0.15) is 0 Å². The Bertz CT molecular complexity index is 838. The molecule has 2 aromatic heterocycles. The summed E-state index contributed by atoms with van der Waals surface area (Å²) in [4.78, 5) is 15.9. The number of carbonyl (C=O) groups excluding carboxylic acids is 1. The zero-order valence-corrected chi connectivity index (χ0v) is 13.1. The van der Waals surface area contributed by atoms with Gasteiger partial charge < -0.3 is 9.30 Å². The largest absolute Gasteiger partial charge is 0.469 e. The smallest absolute Gasteiger partial charge is 0.310 e. The summed E-state index contributed by atoms with van der Waals surface area (Å²) in [5.74, 6) is -0.262. The predicted molar refractivity (Wildman–Crippen MR) is 86.5 cm³/mol. The van der Waals surface area contributed by atoms with Gasteiger partial charge in [0.2, 0.25) is 0 Å². The van der Waals surface area contributed by atoms with Gasteiger partial charge in [0, 0.05) is 34.2 Å². The molecule has 0 aliphatic carbocycles. The van der Waals surface area contributed by atoms with Crippen molar-refractivity contribution in [2.75, 3.05) is 7.11 Å². The van der Waals surface area contributed by atoms with Gasteiger partial charge in [-0.15, -0.1) is 0 Å². The number of ether oxygens (including phenoxy) is 1. The molecular weight excluding hydrogens is 300 g/mol. The van der Waals surface area contributed by atoms with Gasteiger partial charge in [0.15, 0.2) is 0 Å². The molecule has 0 fully saturated rings. The second-order valence-electron chi connectivity index (χ2n) is 5.02. The topological polar surface area (TPSA) is 44.1 Å². The van der Waals surface area contributed by atoms with E-state index in [2.05, 4.69) is 9.55 Å². The molecule has 3 aromatic rings. The van der Waals surface area contributed by atoms with Gasteiger partial charge >= 0.3 is 5.97 Å². The summed E-state index contributed by atoms with van der Waals surface area (Å²) < 4.78 is 6.91. The Morgan fingerprint density at radius 3 is 2.68 bits per heavy atom. The number of fused-ring (bicyclic) bond motifs is 1. The highest BCUT2D eigenvalue weighted by Gasteiger charge is 2.17. The van der Waals surface area contributed by atoms with E-state index in [1.165, 1.54) is 7.11 Å². The molecule has 0 bridgehead atoms. The van der Waals surface area contributed by atoms with Crippen LogP contribution < -0.4 is 0 Å². The highest BCUT2D eigenvalue weighted by Crippen LogP contribution is 2.29. The van der Waals surface area contributed by atoms with Crippen LogP contribution in [0.25, 0.3) is 16.6 Å². The minimum absolute atomic E-state index is 0.227. The highest BCUT2D eigenvalue weighted by atomic mass is 35.5. The Morgan fingerprint density at radius 2 is 2.00 bits per heavy atom. The monoisotopic (exact) mass is 314 g/mol. The first-order valence-electron chi connectivity index (χ1n) is 6.88. The van der Waals surface area contributed by atoms with E-state index in [1.807, 2.05) is 37.3 Å². The molecule has 112 valence electrons. The number of methoxy groups -OCH3 is 1. The summed E-state index contributed by atoms with van der Waals surface area (Å²) in [6.07, 6.45) is 3.76. The minimum Gasteiger partial charge on any atom is -0.469 e. The van der Waals surface area contributed by atoms with Crippen LogP contribution in [0, 0.1) is 6.92 Å². The zero-order valence-electron chi connectivity index (χ0n) is 12.3. The average molecular weight is 315 g/mol. The Labute approximate surface area is 133 Å². The second kappa shape index (κ2) is 5.81. The third-order valence-corrected chi connectivity index (χ3v) is 4.02. The minimum atomic E-state index is -0.262. The van der Waals surface area contributed by atoms with Crippen molar-refractivity contribution in [1.82, 2.24) is 9.55 Å². The third kappa shape index (κ3) is 2.46. The van der Waals surface area contributed by atoms with E-state index >= 15 is 0 Å². The molecule has 2 heterocycles. The number of hydrogen-bond acceptors (Lipinski definition) is 3. The molecule has 0 spiro atoms. The van der Waals surface area contributed by atoms with Crippen molar-refractivity contribution in [2.24, 2.45) is 0 Å². The molecule has 3 rings (SSSR count). The van der Waals surface area contributed by atoms with Crippen LogP contribution >= 0.6 is 11.6 Å². The number of rotatable bonds is 3. The summed E-state index contributed by atoms with van der Waals surface area (Å²) >= 11 is 5.97. The van der Waals surface area contributed by atoms with Crippen LogP contribution in [0.2, 0.25) is 5.02 Å². The molecule has 0 N–H and O–H groups in total. The Kier molecular flexibility index (Phi) is 3.86.